The largest absolute Gasteiger partial charge is 0.272 e. The minimum absolute atomic E-state index is 0.239. The molecule has 0 atom stereocenters. The Morgan fingerprint density at radius 2 is 1.70 bits per heavy atom. The molecular weight excluding hydrogens is 308 g/mol. The van der Waals surface area contributed by atoms with Gasteiger partial charge in [-0.2, -0.15) is 0 Å². The summed E-state index contributed by atoms with van der Waals surface area (Å²) in [7, 11) is 0. The first-order valence-electron chi connectivity index (χ1n) is 7.32. The maximum absolute atomic E-state index is 12.1. The molecule has 2 rings (SSSR count). The van der Waals surface area contributed by atoms with E-state index in [2.05, 4.69) is 10.9 Å². The molecule has 2 aromatic rings. The van der Waals surface area contributed by atoms with Crippen molar-refractivity contribution >= 4 is 23.6 Å². The van der Waals surface area contributed by atoms with Gasteiger partial charge in [-0.15, -0.1) is 11.8 Å². The molecule has 0 unspecified atom stereocenters. The van der Waals surface area contributed by atoms with E-state index in [9.17, 15) is 9.59 Å². The van der Waals surface area contributed by atoms with E-state index < -0.39 is 0 Å². The highest BCUT2D eigenvalue weighted by Crippen LogP contribution is 2.21. The molecule has 120 valence electrons. The van der Waals surface area contributed by atoms with E-state index in [1.165, 1.54) is 11.8 Å². The average Bonchev–Trinajstić information content (AvgIpc) is 2.52. The molecular formula is C18H20N2O2S. The van der Waals surface area contributed by atoms with Crippen molar-refractivity contribution < 1.29 is 9.59 Å². The highest BCUT2D eigenvalue weighted by molar-refractivity contribution is 8.00. The number of nitrogens with one attached hydrogen (secondary N) is 2. The van der Waals surface area contributed by atoms with Gasteiger partial charge in [0, 0.05) is 10.5 Å². The molecule has 0 bridgehead atoms. The first-order chi connectivity index (χ1) is 11.0. The predicted octanol–water partition coefficient (Wildman–Crippen LogP) is 3.17. The van der Waals surface area contributed by atoms with E-state index >= 15 is 0 Å². The molecule has 2 aromatic carbocycles. The lowest BCUT2D eigenvalue weighted by atomic mass is 10.1. The quantitative estimate of drug-likeness (QED) is 0.669. The SMILES string of the molecule is Cc1ccc(C(=O)NNC(=O)CSc2ccccc2C)c(C)c1. The number of aryl methyl sites for hydroxylation is 3. The summed E-state index contributed by atoms with van der Waals surface area (Å²) in [5, 5.41) is 0. The minimum Gasteiger partial charge on any atom is -0.272 e. The first-order valence-corrected chi connectivity index (χ1v) is 8.31. The van der Waals surface area contributed by atoms with E-state index in [4.69, 9.17) is 0 Å². The summed E-state index contributed by atoms with van der Waals surface area (Å²) in [6.45, 7) is 5.85. The van der Waals surface area contributed by atoms with Crippen LogP contribution in [-0.2, 0) is 4.79 Å². The van der Waals surface area contributed by atoms with E-state index in [0.29, 0.717) is 5.56 Å². The summed E-state index contributed by atoms with van der Waals surface area (Å²) in [6, 6.07) is 13.4. The van der Waals surface area contributed by atoms with Crippen LogP contribution < -0.4 is 10.9 Å². The fourth-order valence-electron chi connectivity index (χ4n) is 2.16. The summed E-state index contributed by atoms with van der Waals surface area (Å²) >= 11 is 1.44. The third-order valence-corrected chi connectivity index (χ3v) is 4.57. The summed E-state index contributed by atoms with van der Waals surface area (Å²) in [5.41, 5.74) is 8.57. The molecule has 0 heterocycles. The molecule has 0 aromatic heterocycles. The van der Waals surface area contributed by atoms with Crippen LogP contribution in [0.25, 0.3) is 0 Å². The van der Waals surface area contributed by atoms with Gasteiger partial charge in [-0.05, 0) is 44.0 Å². The number of carbonyl (C=O) groups is 2. The van der Waals surface area contributed by atoms with Crippen LogP contribution >= 0.6 is 11.8 Å². The van der Waals surface area contributed by atoms with E-state index in [1.807, 2.05) is 57.2 Å². The molecule has 5 heteroatoms. The van der Waals surface area contributed by atoms with Gasteiger partial charge in [0.1, 0.15) is 0 Å². The number of benzene rings is 2. The monoisotopic (exact) mass is 328 g/mol. The number of carbonyl (C=O) groups excluding carboxylic acids is 2. The minimum atomic E-state index is -0.309. The van der Waals surface area contributed by atoms with Gasteiger partial charge in [0.05, 0.1) is 5.75 Å². The Labute approximate surface area is 140 Å². The Morgan fingerprint density at radius 3 is 2.39 bits per heavy atom. The van der Waals surface area contributed by atoms with Crippen LogP contribution in [0.1, 0.15) is 27.0 Å². The topological polar surface area (TPSA) is 58.2 Å². The molecule has 0 fully saturated rings. The van der Waals surface area contributed by atoms with Crippen LogP contribution in [0.15, 0.2) is 47.4 Å². The third kappa shape index (κ3) is 4.86. The van der Waals surface area contributed by atoms with Crippen LogP contribution in [0, 0.1) is 20.8 Å². The van der Waals surface area contributed by atoms with Crippen molar-refractivity contribution in [2.75, 3.05) is 5.75 Å². The second-order valence-corrected chi connectivity index (χ2v) is 6.39. The summed E-state index contributed by atoms with van der Waals surface area (Å²) in [4.78, 5) is 25.0. The van der Waals surface area contributed by atoms with Gasteiger partial charge < -0.3 is 0 Å². The second kappa shape index (κ2) is 7.83. The number of amides is 2. The van der Waals surface area contributed by atoms with Gasteiger partial charge in [-0.25, -0.2) is 0 Å². The number of thioether (sulfide) groups is 1. The number of hydrogen-bond acceptors (Lipinski definition) is 3. The molecule has 0 saturated heterocycles. The molecule has 4 nitrogen and oxygen atoms in total. The van der Waals surface area contributed by atoms with Crippen molar-refractivity contribution in [1.29, 1.82) is 0 Å². The van der Waals surface area contributed by atoms with E-state index in [1.54, 1.807) is 6.07 Å². The lowest BCUT2D eigenvalue weighted by Crippen LogP contribution is -2.42. The second-order valence-electron chi connectivity index (χ2n) is 5.37. The van der Waals surface area contributed by atoms with E-state index in [0.717, 1.165) is 21.6 Å². The molecule has 0 aliphatic rings. The number of hydrazine groups is 1. The number of rotatable bonds is 4. The van der Waals surface area contributed by atoms with Crippen molar-refractivity contribution in [1.82, 2.24) is 10.9 Å². The fourth-order valence-corrected chi connectivity index (χ4v) is 2.99. The summed E-state index contributed by atoms with van der Waals surface area (Å²) in [6.07, 6.45) is 0. The van der Waals surface area contributed by atoms with Crippen LogP contribution in [-0.4, -0.2) is 17.6 Å². The summed E-state index contributed by atoms with van der Waals surface area (Å²) in [5.74, 6) is -0.300. The van der Waals surface area contributed by atoms with Crippen molar-refractivity contribution in [2.45, 2.75) is 25.7 Å². The van der Waals surface area contributed by atoms with Crippen molar-refractivity contribution in [3.8, 4) is 0 Å². The zero-order chi connectivity index (χ0) is 16.8. The molecule has 0 aliphatic carbocycles. The first kappa shape index (κ1) is 17.1. The third-order valence-electron chi connectivity index (χ3n) is 3.39. The molecule has 2 amide bonds. The lowest BCUT2D eigenvalue weighted by molar-refractivity contribution is -0.119. The average molecular weight is 328 g/mol. The summed E-state index contributed by atoms with van der Waals surface area (Å²) < 4.78 is 0. The Morgan fingerprint density at radius 1 is 0.957 bits per heavy atom. The van der Waals surface area contributed by atoms with Crippen LogP contribution in [0.5, 0.6) is 0 Å². The zero-order valence-corrected chi connectivity index (χ0v) is 14.3. The highest BCUT2D eigenvalue weighted by Gasteiger charge is 2.10. The van der Waals surface area contributed by atoms with Crippen molar-refractivity contribution in [2.24, 2.45) is 0 Å². The van der Waals surface area contributed by atoms with Crippen molar-refractivity contribution in [3.63, 3.8) is 0 Å². The molecule has 0 radical (unpaired) electrons. The Bertz CT molecular complexity index is 729. The maximum Gasteiger partial charge on any atom is 0.269 e. The zero-order valence-electron chi connectivity index (χ0n) is 13.5. The Balaban J connectivity index is 1.84. The fraction of sp³-hybridized carbons (Fsp3) is 0.222. The van der Waals surface area contributed by atoms with Gasteiger partial charge in [0.2, 0.25) is 5.91 Å². The van der Waals surface area contributed by atoms with Gasteiger partial charge >= 0.3 is 0 Å². The molecule has 23 heavy (non-hydrogen) atoms. The highest BCUT2D eigenvalue weighted by atomic mass is 32.2. The van der Waals surface area contributed by atoms with Gasteiger partial charge in [-0.1, -0.05) is 35.9 Å². The Hall–Kier alpha value is -2.27. The van der Waals surface area contributed by atoms with Gasteiger partial charge in [-0.3, -0.25) is 20.4 Å². The van der Waals surface area contributed by atoms with Crippen LogP contribution in [0.3, 0.4) is 0 Å². The molecule has 0 aliphatic heterocycles. The smallest absolute Gasteiger partial charge is 0.269 e. The molecule has 0 spiro atoms. The molecule has 2 N–H and O–H groups in total. The Kier molecular flexibility index (Phi) is 5.82. The van der Waals surface area contributed by atoms with Gasteiger partial charge in [0.25, 0.3) is 5.91 Å². The van der Waals surface area contributed by atoms with Gasteiger partial charge in [0.15, 0.2) is 0 Å². The lowest BCUT2D eigenvalue weighted by Gasteiger charge is -2.10. The van der Waals surface area contributed by atoms with Crippen molar-refractivity contribution in [3.05, 3.63) is 64.7 Å². The molecule has 0 saturated carbocycles. The number of hydrogen-bond donors (Lipinski definition) is 2. The van der Waals surface area contributed by atoms with Crippen LogP contribution in [0.2, 0.25) is 0 Å². The predicted molar refractivity (Wildman–Crippen MR) is 93.4 cm³/mol. The van der Waals surface area contributed by atoms with Crippen LogP contribution in [0.4, 0.5) is 0 Å². The van der Waals surface area contributed by atoms with E-state index in [-0.39, 0.29) is 17.6 Å². The maximum atomic E-state index is 12.1. The normalized spacial score (nSPS) is 10.2. The standard InChI is InChI=1S/C18H20N2O2S/c1-12-8-9-15(14(3)10-12)18(22)20-19-17(21)11-23-16-7-5-4-6-13(16)2/h4-10H,11H2,1-3H3,(H,19,21)(H,20,22).